The van der Waals surface area contributed by atoms with Crippen molar-refractivity contribution in [2.45, 2.75) is 39.2 Å². The zero-order valence-electron chi connectivity index (χ0n) is 12.4. The summed E-state index contributed by atoms with van der Waals surface area (Å²) in [6, 6.07) is 6.17. The van der Waals surface area contributed by atoms with Gasteiger partial charge in [-0.05, 0) is 44.2 Å². The lowest BCUT2D eigenvalue weighted by atomic mass is 9.95. The van der Waals surface area contributed by atoms with E-state index in [0.29, 0.717) is 12.1 Å². The van der Waals surface area contributed by atoms with Crippen LogP contribution >= 0.6 is 0 Å². The fraction of sp³-hybridized carbons (Fsp3) is 0.438. The van der Waals surface area contributed by atoms with E-state index in [1.165, 1.54) is 18.4 Å². The first-order chi connectivity index (χ1) is 10.2. The van der Waals surface area contributed by atoms with Crippen LogP contribution in [0.5, 0.6) is 0 Å². The molecule has 0 amide bonds. The van der Waals surface area contributed by atoms with Crippen LogP contribution in [0.25, 0.3) is 0 Å². The van der Waals surface area contributed by atoms with Gasteiger partial charge in [0.1, 0.15) is 23.3 Å². The highest BCUT2D eigenvalue weighted by Gasteiger charge is 2.18. The maximum Gasteiger partial charge on any atom is 0.146 e. The highest BCUT2D eigenvalue weighted by Crippen LogP contribution is 2.26. The van der Waals surface area contributed by atoms with Crippen molar-refractivity contribution in [1.82, 2.24) is 10.1 Å². The second-order valence-electron chi connectivity index (χ2n) is 5.57. The Hall–Kier alpha value is -2.35. The SMILES string of the molecule is Cc1cc(CN(C)c2nc3c(cc2C#N)CCCC3)no1. The molecule has 1 aliphatic carbocycles. The Morgan fingerprint density at radius 3 is 2.86 bits per heavy atom. The smallest absolute Gasteiger partial charge is 0.146 e. The Labute approximate surface area is 124 Å². The zero-order valence-corrected chi connectivity index (χ0v) is 12.4. The van der Waals surface area contributed by atoms with Gasteiger partial charge < -0.3 is 9.42 Å². The molecule has 0 spiro atoms. The minimum absolute atomic E-state index is 0.581. The normalized spacial score (nSPS) is 13.6. The van der Waals surface area contributed by atoms with E-state index in [9.17, 15) is 5.26 Å². The molecule has 1 aliphatic rings. The second kappa shape index (κ2) is 5.57. The second-order valence-corrected chi connectivity index (χ2v) is 5.57. The van der Waals surface area contributed by atoms with Gasteiger partial charge in [-0.1, -0.05) is 5.16 Å². The lowest BCUT2D eigenvalue weighted by Gasteiger charge is -2.22. The van der Waals surface area contributed by atoms with Crippen molar-refractivity contribution in [2.24, 2.45) is 0 Å². The van der Waals surface area contributed by atoms with Crippen molar-refractivity contribution in [3.8, 4) is 6.07 Å². The molecule has 0 aliphatic heterocycles. The predicted molar refractivity (Wildman–Crippen MR) is 78.9 cm³/mol. The van der Waals surface area contributed by atoms with Gasteiger partial charge in [0.15, 0.2) is 0 Å². The van der Waals surface area contributed by atoms with Crippen molar-refractivity contribution in [3.05, 3.63) is 40.4 Å². The molecular formula is C16H18N4O. The highest BCUT2D eigenvalue weighted by atomic mass is 16.5. The summed E-state index contributed by atoms with van der Waals surface area (Å²) in [5.41, 5.74) is 3.85. The van der Waals surface area contributed by atoms with Crippen molar-refractivity contribution >= 4 is 5.82 Å². The van der Waals surface area contributed by atoms with E-state index in [-0.39, 0.29) is 0 Å². The van der Waals surface area contributed by atoms with E-state index in [1.54, 1.807) is 0 Å². The number of aromatic nitrogens is 2. The van der Waals surface area contributed by atoms with Gasteiger partial charge in [-0.2, -0.15) is 5.26 Å². The maximum absolute atomic E-state index is 9.39. The van der Waals surface area contributed by atoms with Gasteiger partial charge in [-0.25, -0.2) is 4.98 Å². The van der Waals surface area contributed by atoms with Crippen molar-refractivity contribution in [1.29, 1.82) is 5.26 Å². The third-order valence-corrected chi connectivity index (χ3v) is 3.84. The number of fused-ring (bicyclic) bond motifs is 1. The molecule has 0 bridgehead atoms. The van der Waals surface area contributed by atoms with E-state index >= 15 is 0 Å². The van der Waals surface area contributed by atoms with Crippen molar-refractivity contribution in [2.75, 3.05) is 11.9 Å². The quantitative estimate of drug-likeness (QED) is 0.866. The van der Waals surface area contributed by atoms with E-state index in [2.05, 4.69) is 11.2 Å². The first kappa shape index (κ1) is 13.6. The third-order valence-electron chi connectivity index (χ3n) is 3.84. The molecule has 0 fully saturated rings. The third kappa shape index (κ3) is 2.75. The molecule has 2 aromatic rings. The molecule has 5 heteroatoms. The lowest BCUT2D eigenvalue weighted by Crippen LogP contribution is -2.21. The standard InChI is InChI=1S/C16H18N4O/c1-11-7-14(19-21-11)10-20(2)16-13(9-17)8-12-5-3-4-6-15(12)18-16/h7-8H,3-6,10H2,1-2H3. The first-order valence-corrected chi connectivity index (χ1v) is 7.23. The van der Waals surface area contributed by atoms with Crippen molar-refractivity contribution in [3.63, 3.8) is 0 Å². The molecule has 0 radical (unpaired) electrons. The molecule has 0 unspecified atom stereocenters. The molecule has 0 aromatic carbocycles. The summed E-state index contributed by atoms with van der Waals surface area (Å²) in [7, 11) is 1.93. The Kier molecular flexibility index (Phi) is 3.61. The molecule has 2 heterocycles. The first-order valence-electron chi connectivity index (χ1n) is 7.23. The van der Waals surface area contributed by atoms with Gasteiger partial charge >= 0.3 is 0 Å². The average molecular weight is 282 g/mol. The molecule has 0 saturated carbocycles. The molecule has 5 nitrogen and oxygen atoms in total. The van der Waals surface area contributed by atoms with E-state index in [1.807, 2.05) is 31.0 Å². The highest BCUT2D eigenvalue weighted by molar-refractivity contribution is 5.56. The Balaban J connectivity index is 1.91. The monoisotopic (exact) mass is 282 g/mol. The zero-order chi connectivity index (χ0) is 14.8. The van der Waals surface area contributed by atoms with Crippen LogP contribution in [0.3, 0.4) is 0 Å². The van der Waals surface area contributed by atoms with Gasteiger partial charge in [0.25, 0.3) is 0 Å². The summed E-state index contributed by atoms with van der Waals surface area (Å²) in [6.07, 6.45) is 4.40. The Morgan fingerprint density at radius 2 is 2.14 bits per heavy atom. The minimum atomic E-state index is 0.581. The molecule has 0 saturated heterocycles. The van der Waals surface area contributed by atoms with Gasteiger partial charge in [0.05, 0.1) is 12.1 Å². The van der Waals surface area contributed by atoms with E-state index < -0.39 is 0 Å². The number of aryl methyl sites for hydroxylation is 3. The summed E-state index contributed by atoms with van der Waals surface area (Å²) < 4.78 is 5.09. The summed E-state index contributed by atoms with van der Waals surface area (Å²) in [5, 5.41) is 13.4. The van der Waals surface area contributed by atoms with Crippen LogP contribution in [0, 0.1) is 18.3 Å². The van der Waals surface area contributed by atoms with Crippen LogP contribution in [0.4, 0.5) is 5.82 Å². The molecule has 3 rings (SSSR count). The molecule has 21 heavy (non-hydrogen) atoms. The fourth-order valence-corrected chi connectivity index (χ4v) is 2.81. The summed E-state index contributed by atoms with van der Waals surface area (Å²) in [6.45, 7) is 2.45. The van der Waals surface area contributed by atoms with Crippen LogP contribution in [-0.2, 0) is 19.4 Å². The van der Waals surface area contributed by atoms with Gasteiger partial charge in [0.2, 0.25) is 0 Å². The number of hydrogen-bond acceptors (Lipinski definition) is 5. The topological polar surface area (TPSA) is 66.0 Å². The number of pyridine rings is 1. The van der Waals surface area contributed by atoms with E-state index in [4.69, 9.17) is 9.51 Å². The molecule has 108 valence electrons. The van der Waals surface area contributed by atoms with Crippen LogP contribution in [0.1, 0.15) is 41.1 Å². The van der Waals surface area contributed by atoms with Crippen molar-refractivity contribution < 1.29 is 4.52 Å². The van der Waals surface area contributed by atoms with Crippen LogP contribution in [-0.4, -0.2) is 17.2 Å². The number of rotatable bonds is 3. The number of nitriles is 1. The largest absolute Gasteiger partial charge is 0.361 e. The van der Waals surface area contributed by atoms with Crippen LogP contribution in [0.2, 0.25) is 0 Å². The molecule has 2 aromatic heterocycles. The molecular weight excluding hydrogens is 264 g/mol. The number of nitrogens with zero attached hydrogens (tertiary/aromatic N) is 4. The Bertz CT molecular complexity index is 699. The lowest BCUT2D eigenvalue weighted by molar-refractivity contribution is 0.390. The fourth-order valence-electron chi connectivity index (χ4n) is 2.81. The molecule has 0 atom stereocenters. The summed E-state index contributed by atoms with van der Waals surface area (Å²) in [5.74, 6) is 1.52. The predicted octanol–water partition coefficient (Wildman–Crippen LogP) is 2.76. The Morgan fingerprint density at radius 1 is 1.33 bits per heavy atom. The number of anilines is 1. The molecule has 0 N–H and O–H groups in total. The number of hydrogen-bond donors (Lipinski definition) is 0. The van der Waals surface area contributed by atoms with Gasteiger partial charge in [-0.3, -0.25) is 0 Å². The summed E-state index contributed by atoms with van der Waals surface area (Å²) >= 11 is 0. The summed E-state index contributed by atoms with van der Waals surface area (Å²) in [4.78, 5) is 6.70. The van der Waals surface area contributed by atoms with Gasteiger partial charge in [-0.15, -0.1) is 0 Å². The van der Waals surface area contributed by atoms with Crippen LogP contribution < -0.4 is 4.90 Å². The maximum atomic E-state index is 9.39. The minimum Gasteiger partial charge on any atom is -0.361 e. The van der Waals surface area contributed by atoms with Gasteiger partial charge in [0, 0.05) is 18.8 Å². The van der Waals surface area contributed by atoms with E-state index in [0.717, 1.165) is 35.8 Å². The van der Waals surface area contributed by atoms with Crippen LogP contribution in [0.15, 0.2) is 16.7 Å². The average Bonchev–Trinajstić information content (AvgIpc) is 2.90.